The lowest BCUT2D eigenvalue weighted by Crippen LogP contribution is -2.15. The number of nitro groups is 1. The third kappa shape index (κ3) is 3.42. The number of benzene rings is 2. The van der Waals surface area contributed by atoms with Crippen LogP contribution in [0.3, 0.4) is 0 Å². The molecule has 0 saturated carbocycles. The lowest BCUT2D eigenvalue weighted by molar-refractivity contribution is -0.386. The number of methoxy groups -OCH3 is 1. The minimum absolute atomic E-state index is 0.00872. The number of hydrogen-bond acceptors (Lipinski definition) is 7. The predicted molar refractivity (Wildman–Crippen MR) is 87.1 cm³/mol. The molecule has 0 atom stereocenters. The summed E-state index contributed by atoms with van der Waals surface area (Å²) in [6.07, 6.45) is 0. The van der Waals surface area contributed by atoms with Crippen LogP contribution in [0, 0.1) is 10.1 Å². The third-order valence-corrected chi connectivity index (χ3v) is 3.40. The van der Waals surface area contributed by atoms with Crippen LogP contribution in [0.25, 0.3) is 0 Å². The summed E-state index contributed by atoms with van der Waals surface area (Å²) >= 11 is 0. The van der Waals surface area contributed by atoms with Crippen molar-refractivity contribution in [3.05, 3.63) is 63.2 Å². The molecule has 25 heavy (non-hydrogen) atoms. The van der Waals surface area contributed by atoms with Crippen LogP contribution in [0.2, 0.25) is 0 Å². The second-order valence-electron chi connectivity index (χ2n) is 4.87. The maximum Gasteiger partial charge on any atom is 0.339 e. The molecule has 2 aromatic carbocycles. The first kappa shape index (κ1) is 17.9. The van der Waals surface area contributed by atoms with E-state index in [0.717, 1.165) is 6.07 Å². The third-order valence-electron chi connectivity index (χ3n) is 3.40. The molecule has 1 N–H and O–H groups in total. The van der Waals surface area contributed by atoms with E-state index in [-0.39, 0.29) is 23.5 Å². The fourth-order valence-electron chi connectivity index (χ4n) is 2.30. The number of carbonyl (C=O) groups is 2. The van der Waals surface area contributed by atoms with Crippen molar-refractivity contribution in [1.82, 2.24) is 0 Å². The van der Waals surface area contributed by atoms with E-state index in [0.29, 0.717) is 0 Å². The molecule has 8 heteroatoms. The fraction of sp³-hybridized carbons (Fsp3) is 0.176. The molecule has 0 aliphatic rings. The van der Waals surface area contributed by atoms with Crippen molar-refractivity contribution in [3.63, 3.8) is 0 Å². The van der Waals surface area contributed by atoms with Crippen LogP contribution >= 0.6 is 0 Å². The highest BCUT2D eigenvalue weighted by Crippen LogP contribution is 2.41. The fourth-order valence-corrected chi connectivity index (χ4v) is 2.30. The number of phenols is 1. The number of nitrogens with zero attached hydrogens (tertiary/aromatic N) is 1. The Hall–Kier alpha value is -3.42. The van der Waals surface area contributed by atoms with Gasteiger partial charge in [0.25, 0.3) is 0 Å². The maximum atomic E-state index is 12.8. The van der Waals surface area contributed by atoms with Crippen LogP contribution < -0.4 is 4.74 Å². The number of aromatic hydroxyl groups is 1. The Kier molecular flexibility index (Phi) is 5.33. The average Bonchev–Trinajstić information content (AvgIpc) is 2.61. The monoisotopic (exact) mass is 345 g/mol. The standard InChI is InChI=1S/C17H15NO7/c1-3-25-17(21)11-9-12(24-2)16(20)14(18(22)23)13(11)15(19)10-7-5-4-6-8-10/h4-9,20H,3H2,1-2H3. The van der Waals surface area contributed by atoms with Crippen molar-refractivity contribution in [2.24, 2.45) is 0 Å². The molecule has 8 nitrogen and oxygen atoms in total. The number of ketones is 1. The van der Waals surface area contributed by atoms with Crippen LogP contribution in [-0.2, 0) is 4.74 Å². The molecule has 0 spiro atoms. The van der Waals surface area contributed by atoms with Gasteiger partial charge in [-0.1, -0.05) is 30.3 Å². The Morgan fingerprint density at radius 1 is 1.24 bits per heavy atom. The van der Waals surface area contributed by atoms with Crippen LogP contribution in [0.1, 0.15) is 33.2 Å². The average molecular weight is 345 g/mol. The number of hydrogen-bond donors (Lipinski definition) is 1. The van der Waals surface area contributed by atoms with Gasteiger partial charge >= 0.3 is 11.7 Å². The van der Waals surface area contributed by atoms with Gasteiger partial charge in [-0.3, -0.25) is 14.9 Å². The molecule has 0 bridgehead atoms. The van der Waals surface area contributed by atoms with Gasteiger partial charge in [-0.25, -0.2) is 4.79 Å². The first-order chi connectivity index (χ1) is 11.9. The first-order valence-corrected chi connectivity index (χ1v) is 7.27. The van der Waals surface area contributed by atoms with Gasteiger partial charge in [0.15, 0.2) is 5.75 Å². The topological polar surface area (TPSA) is 116 Å². The SMILES string of the molecule is CCOC(=O)c1cc(OC)c(O)c([N+](=O)[O-])c1C(=O)c1ccccc1. The number of carbonyl (C=O) groups excluding carboxylic acids is 2. The van der Waals surface area contributed by atoms with E-state index >= 15 is 0 Å². The summed E-state index contributed by atoms with van der Waals surface area (Å²) in [6, 6.07) is 8.77. The van der Waals surface area contributed by atoms with Gasteiger partial charge in [0.1, 0.15) is 5.56 Å². The molecule has 0 fully saturated rings. The van der Waals surface area contributed by atoms with Crippen molar-refractivity contribution < 1.29 is 29.1 Å². The highest BCUT2D eigenvalue weighted by molar-refractivity contribution is 6.17. The molecular weight excluding hydrogens is 330 g/mol. The number of ether oxygens (including phenoxy) is 2. The molecule has 0 aliphatic heterocycles. The lowest BCUT2D eigenvalue weighted by Gasteiger charge is -2.12. The highest BCUT2D eigenvalue weighted by Gasteiger charge is 2.35. The van der Waals surface area contributed by atoms with E-state index in [2.05, 4.69) is 0 Å². The van der Waals surface area contributed by atoms with Gasteiger partial charge in [0.05, 0.1) is 24.2 Å². The molecule has 2 aromatic rings. The zero-order valence-corrected chi connectivity index (χ0v) is 13.5. The van der Waals surface area contributed by atoms with Crippen LogP contribution in [-0.4, -0.2) is 35.5 Å². The van der Waals surface area contributed by atoms with E-state index in [1.54, 1.807) is 25.1 Å². The lowest BCUT2D eigenvalue weighted by atomic mass is 9.95. The molecule has 130 valence electrons. The Labute approximate surface area is 142 Å². The van der Waals surface area contributed by atoms with Gasteiger partial charge in [0.2, 0.25) is 11.5 Å². The predicted octanol–water partition coefficient (Wildman–Crippen LogP) is 2.72. The second-order valence-corrected chi connectivity index (χ2v) is 4.87. The van der Waals surface area contributed by atoms with Crippen LogP contribution in [0.5, 0.6) is 11.5 Å². The number of phenolic OH excluding ortho intramolecular Hbond substituents is 1. The molecule has 0 radical (unpaired) electrons. The molecular formula is C17H15NO7. The molecule has 0 heterocycles. The van der Waals surface area contributed by atoms with E-state index in [1.807, 2.05) is 0 Å². The molecule has 2 rings (SSSR count). The molecule has 0 unspecified atom stereocenters. The van der Waals surface area contributed by atoms with Gasteiger partial charge < -0.3 is 14.6 Å². The molecule has 0 saturated heterocycles. The zero-order valence-electron chi connectivity index (χ0n) is 13.5. The summed E-state index contributed by atoms with van der Waals surface area (Å²) in [5, 5.41) is 21.6. The maximum absolute atomic E-state index is 12.8. The van der Waals surface area contributed by atoms with Gasteiger partial charge in [-0.2, -0.15) is 0 Å². The minimum Gasteiger partial charge on any atom is -0.499 e. The normalized spacial score (nSPS) is 10.2. The van der Waals surface area contributed by atoms with Crippen LogP contribution in [0.15, 0.2) is 36.4 Å². The summed E-state index contributed by atoms with van der Waals surface area (Å²) in [4.78, 5) is 35.5. The van der Waals surface area contributed by atoms with E-state index < -0.39 is 33.7 Å². The quantitative estimate of drug-likeness (QED) is 0.370. The Morgan fingerprint density at radius 2 is 1.88 bits per heavy atom. The van der Waals surface area contributed by atoms with Crippen molar-refractivity contribution in [3.8, 4) is 11.5 Å². The molecule has 0 amide bonds. The Bertz CT molecular complexity index is 831. The van der Waals surface area contributed by atoms with Crippen molar-refractivity contribution in [1.29, 1.82) is 0 Å². The number of nitro benzene ring substituents is 1. The van der Waals surface area contributed by atoms with Crippen molar-refractivity contribution in [2.45, 2.75) is 6.92 Å². The van der Waals surface area contributed by atoms with Crippen molar-refractivity contribution >= 4 is 17.4 Å². The molecule has 0 aromatic heterocycles. The number of esters is 1. The first-order valence-electron chi connectivity index (χ1n) is 7.27. The summed E-state index contributed by atoms with van der Waals surface area (Å²) in [7, 11) is 1.17. The summed E-state index contributed by atoms with van der Waals surface area (Å²) in [5.41, 5.74) is -1.68. The van der Waals surface area contributed by atoms with Gasteiger partial charge in [0, 0.05) is 5.56 Å². The summed E-state index contributed by atoms with van der Waals surface area (Å²) in [5.74, 6) is -2.85. The smallest absolute Gasteiger partial charge is 0.339 e. The Morgan fingerprint density at radius 3 is 2.40 bits per heavy atom. The minimum atomic E-state index is -0.934. The van der Waals surface area contributed by atoms with E-state index in [1.165, 1.54) is 19.2 Å². The second kappa shape index (κ2) is 7.43. The highest BCUT2D eigenvalue weighted by atomic mass is 16.6. The largest absolute Gasteiger partial charge is 0.499 e. The van der Waals surface area contributed by atoms with E-state index in [4.69, 9.17) is 9.47 Å². The van der Waals surface area contributed by atoms with E-state index in [9.17, 15) is 24.8 Å². The number of rotatable bonds is 6. The van der Waals surface area contributed by atoms with Crippen LogP contribution in [0.4, 0.5) is 5.69 Å². The molecule has 0 aliphatic carbocycles. The Balaban J connectivity index is 2.82. The van der Waals surface area contributed by atoms with Crippen molar-refractivity contribution in [2.75, 3.05) is 13.7 Å². The summed E-state index contributed by atoms with van der Waals surface area (Å²) < 4.78 is 9.75. The van der Waals surface area contributed by atoms with Gasteiger partial charge in [-0.05, 0) is 13.0 Å². The zero-order chi connectivity index (χ0) is 18.6. The van der Waals surface area contributed by atoms with Gasteiger partial charge in [-0.15, -0.1) is 0 Å². The summed E-state index contributed by atoms with van der Waals surface area (Å²) in [6.45, 7) is 1.57.